The first-order valence-corrected chi connectivity index (χ1v) is 6.43. The van der Waals surface area contributed by atoms with Crippen molar-refractivity contribution in [3.63, 3.8) is 0 Å². The number of alkyl halides is 4. The van der Waals surface area contributed by atoms with Crippen LogP contribution in [0.15, 0.2) is 42.5 Å². The molecule has 1 aliphatic rings. The predicted octanol–water partition coefficient (Wildman–Crippen LogP) is 4.63. The highest BCUT2D eigenvalue weighted by Gasteiger charge is 2.66. The molecule has 0 saturated heterocycles. The molecule has 114 valence electrons. The van der Waals surface area contributed by atoms with Crippen LogP contribution in [0, 0.1) is 0 Å². The van der Waals surface area contributed by atoms with Crippen molar-refractivity contribution in [1.29, 1.82) is 0 Å². The van der Waals surface area contributed by atoms with Gasteiger partial charge in [0.1, 0.15) is 5.75 Å². The smallest absolute Gasteiger partial charge is 0.427 e. The van der Waals surface area contributed by atoms with E-state index >= 15 is 0 Å². The number of rotatable bonds is 2. The molecule has 0 amide bonds. The lowest BCUT2D eigenvalue weighted by atomic mass is 9.99. The summed E-state index contributed by atoms with van der Waals surface area (Å²) in [7, 11) is 0. The van der Waals surface area contributed by atoms with E-state index in [0.29, 0.717) is 16.7 Å². The van der Waals surface area contributed by atoms with Gasteiger partial charge in [-0.25, -0.2) is 0 Å². The molecule has 1 heterocycles. The Bertz CT molecular complexity index is 751. The van der Waals surface area contributed by atoms with Gasteiger partial charge in [-0.2, -0.15) is 17.6 Å². The second kappa shape index (κ2) is 4.56. The van der Waals surface area contributed by atoms with Crippen LogP contribution in [0.1, 0.15) is 22.8 Å². The summed E-state index contributed by atoms with van der Waals surface area (Å²) in [6.07, 6.45) is -4.55. The van der Waals surface area contributed by atoms with Crippen LogP contribution in [0.25, 0.3) is 11.1 Å². The Morgan fingerprint density at radius 2 is 1.55 bits per heavy atom. The Morgan fingerprint density at radius 3 is 2.14 bits per heavy atom. The molecular formula is C16H10F4O2. The van der Waals surface area contributed by atoms with Crippen LogP contribution in [0.2, 0.25) is 0 Å². The Morgan fingerprint density at radius 1 is 0.955 bits per heavy atom. The van der Waals surface area contributed by atoms with Gasteiger partial charge < -0.3 is 4.74 Å². The Balaban J connectivity index is 2.04. The van der Waals surface area contributed by atoms with Crippen molar-refractivity contribution in [2.45, 2.75) is 19.0 Å². The minimum atomic E-state index is -4.55. The number of fused-ring (bicyclic) bond motifs is 1. The normalized spacial score (nSPS) is 17.7. The highest BCUT2D eigenvalue weighted by atomic mass is 19.3. The van der Waals surface area contributed by atoms with Gasteiger partial charge in [-0.05, 0) is 30.2 Å². The maximum absolute atomic E-state index is 13.7. The largest absolute Gasteiger partial charge is 0.469 e. The molecule has 3 rings (SSSR count). The van der Waals surface area contributed by atoms with Gasteiger partial charge in [0.25, 0.3) is 0 Å². The van der Waals surface area contributed by atoms with Gasteiger partial charge in [0, 0.05) is 5.56 Å². The molecule has 0 bridgehead atoms. The van der Waals surface area contributed by atoms with Crippen LogP contribution < -0.4 is 4.74 Å². The molecule has 6 heteroatoms. The van der Waals surface area contributed by atoms with Crippen LogP contribution >= 0.6 is 0 Å². The first kappa shape index (κ1) is 14.6. The summed E-state index contributed by atoms with van der Waals surface area (Å²) in [5.74, 6) is -5.03. The lowest BCUT2D eigenvalue weighted by Gasteiger charge is -2.16. The molecule has 0 aromatic heterocycles. The van der Waals surface area contributed by atoms with E-state index in [2.05, 4.69) is 4.74 Å². The fourth-order valence-electron chi connectivity index (χ4n) is 2.30. The first-order valence-electron chi connectivity index (χ1n) is 6.43. The Kier molecular flexibility index (Phi) is 3.02. The molecule has 2 aromatic carbocycles. The molecule has 2 aromatic rings. The molecule has 0 atom stereocenters. The molecule has 2 nitrogen and oxygen atoms in total. The van der Waals surface area contributed by atoms with Crippen molar-refractivity contribution in [2.24, 2.45) is 0 Å². The summed E-state index contributed by atoms with van der Waals surface area (Å²) in [5, 5.41) is 0. The minimum absolute atomic E-state index is 0.125. The van der Waals surface area contributed by atoms with E-state index in [1.807, 2.05) is 0 Å². The van der Waals surface area contributed by atoms with Gasteiger partial charge in [0.15, 0.2) is 5.78 Å². The second-order valence-electron chi connectivity index (χ2n) is 5.04. The maximum atomic E-state index is 13.7. The van der Waals surface area contributed by atoms with Crippen molar-refractivity contribution >= 4 is 5.78 Å². The van der Waals surface area contributed by atoms with Gasteiger partial charge in [0.2, 0.25) is 0 Å². The average molecular weight is 310 g/mol. The van der Waals surface area contributed by atoms with E-state index in [1.165, 1.54) is 13.0 Å². The van der Waals surface area contributed by atoms with E-state index in [9.17, 15) is 22.4 Å². The molecule has 0 radical (unpaired) electrons. The van der Waals surface area contributed by atoms with Gasteiger partial charge in [0.05, 0.1) is 5.56 Å². The van der Waals surface area contributed by atoms with E-state index in [1.54, 1.807) is 24.3 Å². The SMILES string of the molecule is CC(=O)c1ccc(-c2ccc3c(c2)C(F)(F)C(F)(F)O3)cc1. The third-order valence-corrected chi connectivity index (χ3v) is 3.55. The number of ether oxygens (including phenoxy) is 1. The summed E-state index contributed by atoms with van der Waals surface area (Å²) in [4.78, 5) is 11.2. The molecule has 1 aliphatic heterocycles. The van der Waals surface area contributed by atoms with Crippen LogP contribution in [0.4, 0.5) is 17.6 Å². The van der Waals surface area contributed by atoms with Gasteiger partial charge in [-0.15, -0.1) is 0 Å². The molecule has 0 aliphatic carbocycles. The van der Waals surface area contributed by atoms with Gasteiger partial charge >= 0.3 is 12.0 Å². The van der Waals surface area contributed by atoms with Crippen molar-refractivity contribution < 1.29 is 27.1 Å². The molecule has 0 N–H and O–H groups in total. The highest BCUT2D eigenvalue weighted by molar-refractivity contribution is 5.94. The van der Waals surface area contributed by atoms with E-state index < -0.39 is 23.3 Å². The summed E-state index contributed by atoms with van der Waals surface area (Å²) in [6, 6.07) is 9.74. The van der Waals surface area contributed by atoms with Gasteiger partial charge in [-0.1, -0.05) is 30.3 Å². The summed E-state index contributed by atoms with van der Waals surface area (Å²) in [6.45, 7) is 1.41. The first-order chi connectivity index (χ1) is 10.2. The fourth-order valence-corrected chi connectivity index (χ4v) is 2.30. The number of carbonyl (C=O) groups is 1. The monoisotopic (exact) mass is 310 g/mol. The number of carbonyl (C=O) groups excluding carboxylic acids is 1. The Labute approximate surface area is 123 Å². The van der Waals surface area contributed by atoms with Gasteiger partial charge in [-0.3, -0.25) is 4.79 Å². The molecule has 0 saturated carbocycles. The topological polar surface area (TPSA) is 26.3 Å². The zero-order chi connectivity index (χ0) is 16.1. The minimum Gasteiger partial charge on any atom is -0.427 e. The van der Waals surface area contributed by atoms with E-state index in [4.69, 9.17) is 0 Å². The van der Waals surface area contributed by atoms with Crippen molar-refractivity contribution in [1.82, 2.24) is 0 Å². The third kappa shape index (κ3) is 2.06. The number of Topliss-reactive ketones (excluding diaryl/α,β-unsaturated/α-hetero) is 1. The molecule has 0 spiro atoms. The zero-order valence-electron chi connectivity index (χ0n) is 11.4. The molecule has 0 unspecified atom stereocenters. The third-order valence-electron chi connectivity index (χ3n) is 3.55. The van der Waals surface area contributed by atoms with Crippen LogP contribution in [-0.2, 0) is 5.92 Å². The fraction of sp³-hybridized carbons (Fsp3) is 0.188. The Hall–Kier alpha value is -2.37. The predicted molar refractivity (Wildman–Crippen MR) is 71.4 cm³/mol. The standard InChI is InChI=1S/C16H10F4O2/c1-9(21)10-2-4-11(5-3-10)12-6-7-14-13(8-12)15(17,18)16(19,20)22-14/h2-8H,1H3. The average Bonchev–Trinajstić information content (AvgIpc) is 2.64. The quantitative estimate of drug-likeness (QED) is 0.597. The van der Waals surface area contributed by atoms with Crippen molar-refractivity contribution in [2.75, 3.05) is 0 Å². The van der Waals surface area contributed by atoms with Crippen LogP contribution in [0.3, 0.4) is 0 Å². The van der Waals surface area contributed by atoms with Crippen LogP contribution in [-0.4, -0.2) is 11.9 Å². The molecule has 22 heavy (non-hydrogen) atoms. The zero-order valence-corrected chi connectivity index (χ0v) is 11.4. The summed E-state index contributed by atoms with van der Waals surface area (Å²) in [5.41, 5.74) is 0.518. The number of benzene rings is 2. The number of hydrogen-bond acceptors (Lipinski definition) is 2. The highest BCUT2D eigenvalue weighted by Crippen LogP contribution is 2.53. The van der Waals surface area contributed by atoms with Crippen LogP contribution in [0.5, 0.6) is 5.75 Å². The lowest BCUT2D eigenvalue weighted by molar-refractivity contribution is -0.296. The lowest BCUT2D eigenvalue weighted by Crippen LogP contribution is -2.36. The summed E-state index contributed by atoms with van der Waals surface area (Å²) >= 11 is 0. The number of halogens is 4. The molecule has 0 fully saturated rings. The van der Waals surface area contributed by atoms with Crippen molar-refractivity contribution in [3.8, 4) is 16.9 Å². The van der Waals surface area contributed by atoms with E-state index in [0.717, 1.165) is 12.1 Å². The maximum Gasteiger partial charge on any atom is 0.469 e. The van der Waals surface area contributed by atoms with E-state index in [-0.39, 0.29) is 5.78 Å². The summed E-state index contributed by atoms with van der Waals surface area (Å²) < 4.78 is 57.7. The molecular weight excluding hydrogens is 300 g/mol. The van der Waals surface area contributed by atoms with Crippen molar-refractivity contribution in [3.05, 3.63) is 53.6 Å². The number of ketones is 1. The second-order valence-corrected chi connectivity index (χ2v) is 5.04. The number of hydrogen-bond donors (Lipinski definition) is 0.